The van der Waals surface area contributed by atoms with Crippen molar-refractivity contribution in [3.8, 4) is 0 Å². The summed E-state index contributed by atoms with van der Waals surface area (Å²) in [6, 6.07) is 0. The van der Waals surface area contributed by atoms with Gasteiger partial charge in [-0.05, 0) is 37.5 Å². The van der Waals surface area contributed by atoms with Crippen LogP contribution in [0.5, 0.6) is 0 Å². The molecule has 1 aliphatic rings. The number of hydrogen-bond donors (Lipinski definition) is 2. The Morgan fingerprint density at radius 1 is 1.15 bits per heavy atom. The van der Waals surface area contributed by atoms with Gasteiger partial charge in [0.2, 0.25) is 10.0 Å². The van der Waals surface area contributed by atoms with Gasteiger partial charge in [0.05, 0.1) is 6.26 Å². The van der Waals surface area contributed by atoms with E-state index in [4.69, 9.17) is 4.99 Å². The maximum Gasteiger partial charge on any atom is 0.211 e. The largest absolute Gasteiger partial charge is 0.357 e. The van der Waals surface area contributed by atoms with Crippen LogP contribution in [-0.4, -0.2) is 57.7 Å². The van der Waals surface area contributed by atoms with Crippen LogP contribution >= 0.6 is 0 Å². The molecule has 1 fully saturated rings. The van der Waals surface area contributed by atoms with Crippen LogP contribution in [0.2, 0.25) is 0 Å². The highest BCUT2D eigenvalue weighted by atomic mass is 32.2. The van der Waals surface area contributed by atoms with Crippen molar-refractivity contribution in [1.29, 1.82) is 0 Å². The molecule has 1 heterocycles. The topological polar surface area (TPSA) is 73.8 Å². The van der Waals surface area contributed by atoms with E-state index in [0.717, 1.165) is 38.4 Å². The van der Waals surface area contributed by atoms with Crippen LogP contribution in [0.15, 0.2) is 4.99 Å². The first kappa shape index (κ1) is 23.2. The molecule has 0 radical (unpaired) electrons. The maximum atomic E-state index is 11.6. The first-order valence-corrected chi connectivity index (χ1v) is 12.0. The molecule has 0 aliphatic carbocycles. The van der Waals surface area contributed by atoms with Crippen LogP contribution < -0.4 is 10.6 Å². The van der Waals surface area contributed by atoms with Gasteiger partial charge >= 0.3 is 0 Å². The first-order valence-electron chi connectivity index (χ1n) is 10.1. The molecule has 0 saturated carbocycles. The van der Waals surface area contributed by atoms with E-state index in [1.165, 1.54) is 31.9 Å². The Bertz CT molecular complexity index is 524. The molecule has 0 bridgehead atoms. The number of rotatable bonds is 10. The van der Waals surface area contributed by atoms with Crippen LogP contribution in [0.25, 0.3) is 0 Å². The van der Waals surface area contributed by atoms with Crippen molar-refractivity contribution in [2.24, 2.45) is 16.3 Å². The summed E-state index contributed by atoms with van der Waals surface area (Å²) in [5.74, 6) is 1.37. The molecule has 26 heavy (non-hydrogen) atoms. The molecular weight excluding hydrogens is 348 g/mol. The molecule has 1 rings (SSSR count). The second-order valence-corrected chi connectivity index (χ2v) is 10.3. The molecule has 1 saturated heterocycles. The fraction of sp³-hybridized carbons (Fsp3) is 0.947. The average molecular weight is 389 g/mol. The lowest BCUT2D eigenvalue weighted by Gasteiger charge is -2.30. The summed E-state index contributed by atoms with van der Waals surface area (Å²) in [5.41, 5.74) is 0.221. The van der Waals surface area contributed by atoms with E-state index in [0.29, 0.717) is 19.0 Å². The molecule has 0 aromatic rings. The smallest absolute Gasteiger partial charge is 0.211 e. The molecule has 0 aromatic heterocycles. The minimum atomic E-state index is -3.05. The molecular formula is C19H40N4O2S. The summed E-state index contributed by atoms with van der Waals surface area (Å²) in [6.45, 7) is 12.7. The number of hydrogen-bond acceptors (Lipinski definition) is 3. The van der Waals surface area contributed by atoms with Gasteiger partial charge in [0.25, 0.3) is 0 Å². The average Bonchev–Trinajstić information content (AvgIpc) is 2.57. The zero-order chi connectivity index (χ0) is 19.6. The van der Waals surface area contributed by atoms with Gasteiger partial charge in [-0.15, -0.1) is 0 Å². The van der Waals surface area contributed by atoms with Gasteiger partial charge in [0, 0.05) is 32.7 Å². The predicted molar refractivity (Wildman–Crippen MR) is 111 cm³/mol. The van der Waals surface area contributed by atoms with Gasteiger partial charge in [-0.2, -0.15) is 0 Å². The third-order valence-corrected chi connectivity index (χ3v) is 6.37. The van der Waals surface area contributed by atoms with Crippen molar-refractivity contribution in [3.63, 3.8) is 0 Å². The standard InChI is InChI=1S/C19H40N4O2S/c1-6-8-9-12-19(3,4)16-22-18(20-7-2)21-15-17-10-13-23(14-11-17)26(5,24)25/h17H,6-16H2,1-5H3,(H2,20,21,22). The summed E-state index contributed by atoms with van der Waals surface area (Å²) >= 11 is 0. The monoisotopic (exact) mass is 388 g/mol. The molecule has 0 spiro atoms. The molecule has 1 aliphatic heterocycles. The molecule has 154 valence electrons. The quantitative estimate of drug-likeness (QED) is 0.343. The molecule has 0 aromatic carbocycles. The van der Waals surface area contributed by atoms with Crippen molar-refractivity contribution in [2.75, 3.05) is 39.0 Å². The number of sulfonamides is 1. The predicted octanol–water partition coefficient (Wildman–Crippen LogP) is 2.82. The lowest BCUT2D eigenvalue weighted by Crippen LogP contribution is -2.44. The van der Waals surface area contributed by atoms with E-state index in [1.807, 2.05) is 0 Å². The Labute approximate surface area is 161 Å². The lowest BCUT2D eigenvalue weighted by molar-refractivity contribution is 0.274. The minimum absolute atomic E-state index is 0.221. The molecule has 0 unspecified atom stereocenters. The van der Waals surface area contributed by atoms with Crippen LogP contribution in [0, 0.1) is 11.3 Å². The highest BCUT2D eigenvalue weighted by Crippen LogP contribution is 2.24. The fourth-order valence-corrected chi connectivity index (χ4v) is 4.13. The Morgan fingerprint density at radius 3 is 2.35 bits per heavy atom. The van der Waals surface area contributed by atoms with Crippen molar-refractivity contribution in [2.45, 2.75) is 66.2 Å². The third kappa shape index (κ3) is 9.21. The minimum Gasteiger partial charge on any atom is -0.357 e. The fourth-order valence-electron chi connectivity index (χ4n) is 3.25. The van der Waals surface area contributed by atoms with Gasteiger partial charge in [0.1, 0.15) is 0 Å². The Balaban J connectivity index is 2.45. The van der Waals surface area contributed by atoms with Crippen molar-refractivity contribution >= 4 is 16.0 Å². The number of unbranched alkanes of at least 4 members (excludes halogenated alkanes) is 2. The normalized spacial score (nSPS) is 18.1. The first-order chi connectivity index (χ1) is 12.2. The molecule has 7 heteroatoms. The number of guanidine groups is 1. The maximum absolute atomic E-state index is 11.6. The van der Waals surface area contributed by atoms with Crippen LogP contribution in [0.3, 0.4) is 0 Å². The molecule has 0 atom stereocenters. The summed E-state index contributed by atoms with van der Waals surface area (Å²) in [7, 11) is -3.05. The third-order valence-electron chi connectivity index (χ3n) is 5.07. The zero-order valence-electron chi connectivity index (χ0n) is 17.5. The van der Waals surface area contributed by atoms with Gasteiger partial charge in [-0.25, -0.2) is 12.7 Å². The number of nitrogens with zero attached hydrogens (tertiary/aromatic N) is 2. The van der Waals surface area contributed by atoms with Crippen molar-refractivity contribution < 1.29 is 8.42 Å². The van der Waals surface area contributed by atoms with E-state index in [-0.39, 0.29) is 5.41 Å². The highest BCUT2D eigenvalue weighted by molar-refractivity contribution is 7.88. The van der Waals surface area contributed by atoms with E-state index < -0.39 is 10.0 Å². The van der Waals surface area contributed by atoms with E-state index >= 15 is 0 Å². The second kappa shape index (κ2) is 11.1. The summed E-state index contributed by atoms with van der Waals surface area (Å²) in [6.07, 6.45) is 8.11. The summed E-state index contributed by atoms with van der Waals surface area (Å²) in [4.78, 5) is 4.79. The van der Waals surface area contributed by atoms with Crippen LogP contribution in [-0.2, 0) is 10.0 Å². The molecule has 0 amide bonds. The lowest BCUT2D eigenvalue weighted by atomic mass is 9.87. The Kier molecular flexibility index (Phi) is 9.93. The van der Waals surface area contributed by atoms with Crippen LogP contribution in [0.4, 0.5) is 0 Å². The zero-order valence-corrected chi connectivity index (χ0v) is 18.3. The van der Waals surface area contributed by atoms with Gasteiger partial charge < -0.3 is 10.6 Å². The Hall–Kier alpha value is -0.820. The van der Waals surface area contributed by atoms with Gasteiger partial charge in [-0.1, -0.05) is 40.0 Å². The van der Waals surface area contributed by atoms with E-state index in [9.17, 15) is 8.42 Å². The molecule has 2 N–H and O–H groups in total. The number of aliphatic imine (C=N–C) groups is 1. The van der Waals surface area contributed by atoms with E-state index in [2.05, 4.69) is 38.3 Å². The molecule has 6 nitrogen and oxygen atoms in total. The van der Waals surface area contributed by atoms with Crippen molar-refractivity contribution in [1.82, 2.24) is 14.9 Å². The number of piperidine rings is 1. The second-order valence-electron chi connectivity index (χ2n) is 8.30. The van der Waals surface area contributed by atoms with Crippen LogP contribution in [0.1, 0.15) is 66.2 Å². The summed E-state index contributed by atoms with van der Waals surface area (Å²) < 4.78 is 24.8. The van der Waals surface area contributed by atoms with E-state index in [1.54, 1.807) is 4.31 Å². The number of nitrogens with one attached hydrogen (secondary N) is 2. The van der Waals surface area contributed by atoms with Crippen molar-refractivity contribution in [3.05, 3.63) is 0 Å². The Morgan fingerprint density at radius 2 is 1.81 bits per heavy atom. The SMILES string of the molecule is CCCCCC(C)(C)CN=C(NCC)NCC1CCN(S(C)(=O)=O)CC1. The summed E-state index contributed by atoms with van der Waals surface area (Å²) in [5, 5.41) is 6.78. The van der Waals surface area contributed by atoms with Gasteiger partial charge in [-0.3, -0.25) is 4.99 Å². The highest BCUT2D eigenvalue weighted by Gasteiger charge is 2.25. The van der Waals surface area contributed by atoms with Gasteiger partial charge in [0.15, 0.2) is 5.96 Å².